The van der Waals surface area contributed by atoms with E-state index in [1.807, 2.05) is 0 Å². The minimum Gasteiger partial charge on any atom is -0.444 e. The molecule has 1 aromatic carbocycles. The van der Waals surface area contributed by atoms with Crippen LogP contribution in [0.5, 0.6) is 0 Å². The molecule has 1 heterocycles. The van der Waals surface area contributed by atoms with Crippen LogP contribution in [0.2, 0.25) is 0 Å². The highest BCUT2D eigenvalue weighted by Crippen LogP contribution is 2.51. The van der Waals surface area contributed by atoms with E-state index in [4.69, 9.17) is 4.74 Å². The van der Waals surface area contributed by atoms with Gasteiger partial charge in [0.05, 0.1) is 6.04 Å². The zero-order valence-electron chi connectivity index (χ0n) is 31.4. The summed E-state index contributed by atoms with van der Waals surface area (Å²) in [5.74, 6) is -3.18. The van der Waals surface area contributed by atoms with Gasteiger partial charge in [-0.3, -0.25) is 28.8 Å². The van der Waals surface area contributed by atoms with Crippen molar-refractivity contribution in [1.82, 2.24) is 20.4 Å². The fourth-order valence-electron chi connectivity index (χ4n) is 7.97. The summed E-state index contributed by atoms with van der Waals surface area (Å²) < 4.78 is 5.51. The largest absolute Gasteiger partial charge is 0.444 e. The third kappa shape index (κ3) is 10.3. The third-order valence-corrected chi connectivity index (χ3v) is 10.9. The van der Waals surface area contributed by atoms with E-state index in [1.165, 1.54) is 4.90 Å². The molecule has 4 fully saturated rings. The number of alkyl carbamates (subject to hydrolysis) is 1. The topological polar surface area (TPSA) is 159 Å². The Balaban J connectivity index is 1.23. The van der Waals surface area contributed by atoms with Crippen LogP contribution in [0.15, 0.2) is 30.3 Å². The molecule has 4 aliphatic rings. The normalized spacial score (nSPS) is 23.0. The van der Waals surface area contributed by atoms with Crippen LogP contribution in [0.1, 0.15) is 109 Å². The monoisotopic (exact) mass is 720 g/mol. The molecule has 5 rings (SSSR count). The summed E-state index contributed by atoms with van der Waals surface area (Å²) in [5, 5.41) is 5.57. The molecule has 3 saturated carbocycles. The lowest BCUT2D eigenvalue weighted by Gasteiger charge is -2.36. The van der Waals surface area contributed by atoms with E-state index in [0.717, 1.165) is 51.4 Å². The number of likely N-dealkylation sites (tertiary alicyclic amines) is 1. The highest BCUT2D eigenvalue weighted by atomic mass is 16.6. The molecular weight excluding hydrogens is 664 g/mol. The molecule has 0 bridgehead atoms. The molecule has 1 aliphatic heterocycles. The van der Waals surface area contributed by atoms with Crippen LogP contribution in [0, 0.1) is 29.6 Å². The second-order valence-corrected chi connectivity index (χ2v) is 16.6. The summed E-state index contributed by atoms with van der Waals surface area (Å²) in [7, 11) is 3.18. The number of benzene rings is 1. The van der Waals surface area contributed by atoms with E-state index in [-0.39, 0.29) is 60.5 Å². The van der Waals surface area contributed by atoms with Crippen LogP contribution in [0.25, 0.3) is 0 Å². The van der Waals surface area contributed by atoms with Crippen molar-refractivity contribution in [3.05, 3.63) is 35.9 Å². The van der Waals surface area contributed by atoms with E-state index in [2.05, 4.69) is 10.6 Å². The lowest BCUT2D eigenvalue weighted by atomic mass is 9.83. The maximum atomic E-state index is 14.3. The van der Waals surface area contributed by atoms with Gasteiger partial charge in [0.1, 0.15) is 17.7 Å². The molecule has 1 saturated heterocycles. The van der Waals surface area contributed by atoms with Gasteiger partial charge in [-0.2, -0.15) is 0 Å². The Bertz CT molecular complexity index is 1510. The molecule has 0 radical (unpaired) electrons. The summed E-state index contributed by atoms with van der Waals surface area (Å²) in [6.07, 6.45) is 6.24. The number of hydrogen-bond donors (Lipinski definition) is 2. The van der Waals surface area contributed by atoms with Crippen LogP contribution in [-0.2, 0) is 33.5 Å². The predicted octanol–water partition coefficient (Wildman–Crippen LogP) is 4.55. The number of hydrogen-bond acceptors (Lipinski definition) is 8. The number of piperidine rings is 1. The van der Waals surface area contributed by atoms with Gasteiger partial charge in [0.2, 0.25) is 23.5 Å². The smallest absolute Gasteiger partial charge is 0.408 e. The zero-order chi connectivity index (χ0) is 37.7. The van der Waals surface area contributed by atoms with Gasteiger partial charge >= 0.3 is 6.09 Å². The van der Waals surface area contributed by atoms with Crippen molar-refractivity contribution in [1.29, 1.82) is 0 Å². The van der Waals surface area contributed by atoms with Crippen molar-refractivity contribution in [3.63, 3.8) is 0 Å². The van der Waals surface area contributed by atoms with Gasteiger partial charge in [-0.15, -0.1) is 0 Å². The second kappa shape index (κ2) is 16.7. The Morgan fingerprint density at radius 2 is 1.58 bits per heavy atom. The summed E-state index contributed by atoms with van der Waals surface area (Å²) in [5.41, 5.74) is -0.138. The summed E-state index contributed by atoms with van der Waals surface area (Å²) in [6.45, 7) is 5.72. The number of ketones is 3. The van der Waals surface area contributed by atoms with Crippen LogP contribution in [-0.4, -0.2) is 89.3 Å². The molecule has 52 heavy (non-hydrogen) atoms. The third-order valence-electron chi connectivity index (χ3n) is 10.9. The maximum absolute atomic E-state index is 14.3. The SMILES string of the molecule is CN(C)C(=O)[C@@H](NC(=O)CCC(=O)C(=O)C(CC(=O)[C@@H]1[C@H]2C[C@H]2CN1C(=O)[C@@H](NC(=O)OC(C)(C)C)C1CCCCC1)CC1CC1)c1ccccc1. The average molecular weight is 721 g/mol. The highest BCUT2D eigenvalue weighted by molar-refractivity contribution is 6.38. The van der Waals surface area contributed by atoms with Crippen LogP contribution >= 0.6 is 0 Å². The number of nitrogens with zero attached hydrogens (tertiary/aromatic N) is 2. The molecule has 0 spiro atoms. The minimum atomic E-state index is -0.935. The van der Waals surface area contributed by atoms with E-state index in [9.17, 15) is 33.6 Å². The second-order valence-electron chi connectivity index (χ2n) is 16.6. The Hall–Kier alpha value is -4.09. The van der Waals surface area contributed by atoms with Crippen molar-refractivity contribution in [2.24, 2.45) is 29.6 Å². The summed E-state index contributed by atoms with van der Waals surface area (Å²) >= 11 is 0. The Labute approximate surface area is 307 Å². The van der Waals surface area contributed by atoms with E-state index in [1.54, 1.807) is 70.1 Å². The van der Waals surface area contributed by atoms with E-state index in [0.29, 0.717) is 18.5 Å². The minimum absolute atomic E-state index is 0.00323. The average Bonchev–Trinajstić information content (AvgIpc) is 4.05. The number of amides is 4. The first-order valence-corrected chi connectivity index (χ1v) is 19.1. The number of carbonyl (C=O) groups is 7. The van der Waals surface area contributed by atoms with Crippen molar-refractivity contribution in [2.45, 2.75) is 122 Å². The van der Waals surface area contributed by atoms with Gasteiger partial charge in [-0.1, -0.05) is 62.4 Å². The molecule has 284 valence electrons. The molecule has 1 aromatic rings. The Morgan fingerprint density at radius 3 is 2.19 bits per heavy atom. The van der Waals surface area contributed by atoms with E-state index < -0.39 is 53.2 Å². The number of nitrogens with one attached hydrogen (secondary N) is 2. The number of fused-ring (bicyclic) bond motifs is 1. The van der Waals surface area contributed by atoms with E-state index >= 15 is 0 Å². The molecule has 2 N–H and O–H groups in total. The fourth-order valence-corrected chi connectivity index (χ4v) is 7.97. The van der Waals surface area contributed by atoms with Crippen LogP contribution in [0.3, 0.4) is 0 Å². The van der Waals surface area contributed by atoms with Gasteiger partial charge in [-0.05, 0) is 75.7 Å². The number of rotatable bonds is 16. The van der Waals surface area contributed by atoms with Crippen molar-refractivity contribution in [2.75, 3.05) is 20.6 Å². The quantitative estimate of drug-likeness (QED) is 0.236. The van der Waals surface area contributed by atoms with Crippen LogP contribution in [0.4, 0.5) is 4.79 Å². The van der Waals surface area contributed by atoms with Crippen molar-refractivity contribution in [3.8, 4) is 0 Å². The maximum Gasteiger partial charge on any atom is 0.408 e. The van der Waals surface area contributed by atoms with Crippen LogP contribution < -0.4 is 10.6 Å². The van der Waals surface area contributed by atoms with Crippen molar-refractivity contribution < 1.29 is 38.3 Å². The first-order valence-electron chi connectivity index (χ1n) is 19.1. The molecule has 3 aliphatic carbocycles. The summed E-state index contributed by atoms with van der Waals surface area (Å²) in [4.78, 5) is 97.0. The first kappa shape index (κ1) is 39.1. The van der Waals surface area contributed by atoms with Gasteiger partial charge in [0.15, 0.2) is 11.6 Å². The fraction of sp³-hybridized carbons (Fsp3) is 0.675. The van der Waals surface area contributed by atoms with Gasteiger partial charge in [-0.25, -0.2) is 4.79 Å². The number of ether oxygens (including phenoxy) is 1. The zero-order valence-corrected chi connectivity index (χ0v) is 31.4. The molecule has 12 nitrogen and oxygen atoms in total. The van der Waals surface area contributed by atoms with Crippen molar-refractivity contribution >= 4 is 41.2 Å². The molecule has 6 atom stereocenters. The van der Waals surface area contributed by atoms with Gasteiger partial charge < -0.3 is 25.2 Å². The lowest BCUT2D eigenvalue weighted by Crippen LogP contribution is -2.56. The highest BCUT2D eigenvalue weighted by Gasteiger charge is 2.58. The standard InChI is InChI=1S/C40H56N4O8/c1-40(2,3)52-39(51)42-34(26-14-10-7-11-15-26)38(50)44-23-28-21-29(28)35(44)31(46)22-27(20-24-16-17-24)36(48)30(45)18-19-32(47)41-33(37(49)43(4)5)25-12-8-6-9-13-25/h6,8-9,12-13,24,26-29,33-35H,7,10-11,14-23H2,1-5H3,(H,41,47)(H,42,51)/t27?,28-,29-,33-,34-,35-/m0/s1. The first-order chi connectivity index (χ1) is 24.6. The lowest BCUT2D eigenvalue weighted by molar-refractivity contribution is -0.144. The Morgan fingerprint density at radius 1 is 0.904 bits per heavy atom. The Kier molecular flexibility index (Phi) is 12.6. The van der Waals surface area contributed by atoms with Gasteiger partial charge in [0.25, 0.3) is 0 Å². The molecule has 12 heteroatoms. The molecule has 1 unspecified atom stereocenters. The number of likely N-dealkylation sites (N-methyl/N-ethyl adjacent to an activating group) is 1. The molecule has 4 amide bonds. The summed E-state index contributed by atoms with van der Waals surface area (Å²) in [6, 6.07) is 6.35. The molecular formula is C40H56N4O8. The predicted molar refractivity (Wildman–Crippen MR) is 193 cm³/mol. The number of carbonyl (C=O) groups excluding carboxylic acids is 7. The number of Topliss-reactive ketones (excluding diaryl/α,β-unsaturated/α-hetero) is 3. The van der Waals surface area contributed by atoms with Gasteiger partial charge in [0, 0.05) is 45.8 Å². The molecule has 0 aromatic heterocycles.